The summed E-state index contributed by atoms with van der Waals surface area (Å²) in [6, 6.07) is 18.0. The Morgan fingerprint density at radius 2 is 1.96 bits per heavy atom. The molecule has 25 heavy (non-hydrogen) atoms. The van der Waals surface area contributed by atoms with Gasteiger partial charge in [-0.05, 0) is 31.0 Å². The third-order valence-corrected chi connectivity index (χ3v) is 4.96. The van der Waals surface area contributed by atoms with E-state index >= 15 is 0 Å². The maximum Gasteiger partial charge on any atom is 0.407 e. The van der Waals surface area contributed by atoms with Crippen LogP contribution in [0.3, 0.4) is 0 Å². The minimum absolute atomic E-state index is 0.111. The van der Waals surface area contributed by atoms with Crippen LogP contribution in [0.5, 0.6) is 0 Å². The van der Waals surface area contributed by atoms with Crippen molar-refractivity contribution in [3.05, 3.63) is 77.9 Å². The number of amides is 1. The highest BCUT2D eigenvalue weighted by atomic mass is 32.2. The van der Waals surface area contributed by atoms with E-state index in [9.17, 15) is 4.79 Å². The van der Waals surface area contributed by atoms with E-state index in [0.717, 1.165) is 28.9 Å². The summed E-state index contributed by atoms with van der Waals surface area (Å²) in [6.45, 7) is 8.42. The monoisotopic (exact) mass is 355 g/mol. The molecule has 0 aliphatic carbocycles. The van der Waals surface area contributed by atoms with Crippen LogP contribution in [0, 0.1) is 6.92 Å². The van der Waals surface area contributed by atoms with Gasteiger partial charge in [-0.2, -0.15) is 0 Å². The van der Waals surface area contributed by atoms with Crippen molar-refractivity contribution in [3.8, 4) is 0 Å². The molecule has 0 fully saturated rings. The summed E-state index contributed by atoms with van der Waals surface area (Å²) >= 11 is 1.70. The van der Waals surface area contributed by atoms with Crippen LogP contribution in [0.25, 0.3) is 0 Å². The van der Waals surface area contributed by atoms with Gasteiger partial charge in [0.25, 0.3) is 0 Å². The van der Waals surface area contributed by atoms with Gasteiger partial charge in [-0.15, -0.1) is 11.8 Å². The third kappa shape index (κ3) is 6.67. The molecular weight excluding hydrogens is 330 g/mol. The summed E-state index contributed by atoms with van der Waals surface area (Å²) < 4.78 is 5.36. The van der Waals surface area contributed by atoms with Crippen molar-refractivity contribution in [1.82, 2.24) is 5.32 Å². The van der Waals surface area contributed by atoms with Crippen LogP contribution in [-0.2, 0) is 11.3 Å². The number of hydrogen-bond donors (Lipinski definition) is 1. The number of aryl methyl sites for hydroxylation is 1. The van der Waals surface area contributed by atoms with Gasteiger partial charge in [0.15, 0.2) is 0 Å². The lowest BCUT2D eigenvalue weighted by atomic mass is 10.1. The number of nitrogens with one attached hydrogen (secondary N) is 1. The fourth-order valence-electron chi connectivity index (χ4n) is 2.34. The highest BCUT2D eigenvalue weighted by Gasteiger charge is 2.16. The molecule has 2 aromatic carbocycles. The largest absolute Gasteiger partial charge is 0.445 e. The Hall–Kier alpha value is -2.20. The van der Waals surface area contributed by atoms with Crippen molar-refractivity contribution >= 4 is 17.9 Å². The number of ether oxygens (including phenoxy) is 1. The van der Waals surface area contributed by atoms with Gasteiger partial charge in [0.1, 0.15) is 6.61 Å². The zero-order valence-corrected chi connectivity index (χ0v) is 15.6. The molecule has 0 saturated carbocycles. The Kier molecular flexibility index (Phi) is 7.61. The van der Waals surface area contributed by atoms with Gasteiger partial charge in [-0.25, -0.2) is 4.79 Å². The van der Waals surface area contributed by atoms with Crippen molar-refractivity contribution < 1.29 is 9.53 Å². The second kappa shape index (κ2) is 9.94. The van der Waals surface area contributed by atoms with Gasteiger partial charge in [0, 0.05) is 10.6 Å². The third-order valence-electron chi connectivity index (χ3n) is 3.85. The van der Waals surface area contributed by atoms with Gasteiger partial charge >= 0.3 is 6.09 Å². The van der Waals surface area contributed by atoms with E-state index in [-0.39, 0.29) is 12.6 Å². The molecule has 4 heteroatoms. The van der Waals surface area contributed by atoms with Gasteiger partial charge in [0.05, 0.1) is 6.04 Å². The second-order valence-corrected chi connectivity index (χ2v) is 6.99. The van der Waals surface area contributed by atoms with E-state index in [1.807, 2.05) is 56.3 Å². The molecule has 0 heterocycles. The van der Waals surface area contributed by atoms with Gasteiger partial charge < -0.3 is 10.1 Å². The minimum atomic E-state index is -0.408. The quantitative estimate of drug-likeness (QED) is 0.512. The molecule has 0 bridgehead atoms. The van der Waals surface area contributed by atoms with Gasteiger partial charge in [0.2, 0.25) is 0 Å². The maximum atomic E-state index is 12.2. The first-order chi connectivity index (χ1) is 12.1. The Morgan fingerprint density at radius 3 is 2.64 bits per heavy atom. The number of thioether (sulfide) groups is 1. The van der Waals surface area contributed by atoms with Gasteiger partial charge in [-0.3, -0.25) is 0 Å². The Labute approximate surface area is 154 Å². The molecule has 1 atom stereocenters. The SMILES string of the molecule is C=C(CC)C(CSc1ccccc1)NC(=O)OCc1cccc(C)c1. The molecule has 132 valence electrons. The molecule has 2 aromatic rings. The summed E-state index contributed by atoms with van der Waals surface area (Å²) in [5.41, 5.74) is 3.13. The zero-order chi connectivity index (χ0) is 18.1. The first-order valence-corrected chi connectivity index (χ1v) is 9.41. The van der Waals surface area contributed by atoms with Crippen LogP contribution < -0.4 is 5.32 Å². The summed E-state index contributed by atoms with van der Waals surface area (Å²) in [4.78, 5) is 13.3. The van der Waals surface area contributed by atoms with E-state index < -0.39 is 6.09 Å². The topological polar surface area (TPSA) is 38.3 Å². The van der Waals surface area contributed by atoms with Crippen molar-refractivity contribution in [2.24, 2.45) is 0 Å². The molecule has 0 aliphatic rings. The normalized spacial score (nSPS) is 11.6. The van der Waals surface area contributed by atoms with E-state index in [1.165, 1.54) is 4.90 Å². The van der Waals surface area contributed by atoms with E-state index in [1.54, 1.807) is 11.8 Å². The summed E-state index contributed by atoms with van der Waals surface area (Å²) in [7, 11) is 0. The summed E-state index contributed by atoms with van der Waals surface area (Å²) in [6.07, 6.45) is 0.410. The Balaban J connectivity index is 1.87. The molecular formula is C21H25NO2S. The number of benzene rings is 2. The summed E-state index contributed by atoms with van der Waals surface area (Å²) in [5.74, 6) is 0.732. The highest BCUT2D eigenvalue weighted by Crippen LogP contribution is 2.21. The average molecular weight is 356 g/mol. The van der Waals surface area contributed by atoms with Crippen molar-refractivity contribution in [2.45, 2.75) is 37.8 Å². The molecule has 0 spiro atoms. The highest BCUT2D eigenvalue weighted by molar-refractivity contribution is 7.99. The van der Waals surface area contributed by atoms with Crippen LogP contribution in [0.2, 0.25) is 0 Å². The molecule has 0 aromatic heterocycles. The number of alkyl carbamates (subject to hydrolysis) is 1. The summed E-state index contributed by atoms with van der Waals surface area (Å²) in [5, 5.41) is 2.94. The second-order valence-electron chi connectivity index (χ2n) is 5.90. The van der Waals surface area contributed by atoms with Crippen LogP contribution in [0.4, 0.5) is 4.79 Å². The molecule has 0 saturated heterocycles. The van der Waals surface area contributed by atoms with Crippen LogP contribution in [0.1, 0.15) is 24.5 Å². The standard InChI is InChI=1S/C21H25NO2S/c1-4-17(3)20(15-25-19-11-6-5-7-12-19)22-21(23)24-14-18-10-8-9-16(2)13-18/h5-13,20H,3-4,14-15H2,1-2H3,(H,22,23). The van der Waals surface area contributed by atoms with Crippen LogP contribution in [0.15, 0.2) is 71.6 Å². The molecule has 2 rings (SSSR count). The number of hydrogen-bond acceptors (Lipinski definition) is 3. The van der Waals surface area contributed by atoms with E-state index in [2.05, 4.69) is 24.0 Å². The number of rotatable bonds is 8. The zero-order valence-electron chi connectivity index (χ0n) is 14.8. The fourth-order valence-corrected chi connectivity index (χ4v) is 3.37. The number of carbonyl (C=O) groups is 1. The van der Waals surface area contributed by atoms with E-state index in [0.29, 0.717) is 0 Å². The van der Waals surface area contributed by atoms with Crippen molar-refractivity contribution in [2.75, 3.05) is 5.75 Å². The lowest BCUT2D eigenvalue weighted by Crippen LogP contribution is -2.38. The van der Waals surface area contributed by atoms with E-state index in [4.69, 9.17) is 4.74 Å². The lowest BCUT2D eigenvalue weighted by molar-refractivity contribution is 0.137. The Bertz CT molecular complexity index is 700. The van der Waals surface area contributed by atoms with Crippen molar-refractivity contribution in [3.63, 3.8) is 0 Å². The predicted octanol–water partition coefficient (Wildman–Crippen LogP) is 5.35. The molecule has 3 nitrogen and oxygen atoms in total. The van der Waals surface area contributed by atoms with Crippen LogP contribution >= 0.6 is 11.8 Å². The maximum absolute atomic E-state index is 12.2. The molecule has 0 aliphatic heterocycles. The fraction of sp³-hybridized carbons (Fsp3) is 0.286. The first-order valence-electron chi connectivity index (χ1n) is 8.43. The van der Waals surface area contributed by atoms with Gasteiger partial charge in [-0.1, -0.05) is 67.1 Å². The minimum Gasteiger partial charge on any atom is -0.445 e. The first kappa shape index (κ1) is 19.1. The van der Waals surface area contributed by atoms with Crippen molar-refractivity contribution in [1.29, 1.82) is 0 Å². The lowest BCUT2D eigenvalue weighted by Gasteiger charge is -2.20. The number of carbonyl (C=O) groups excluding carboxylic acids is 1. The molecule has 1 unspecified atom stereocenters. The average Bonchev–Trinajstić information content (AvgIpc) is 2.63. The Morgan fingerprint density at radius 1 is 1.20 bits per heavy atom. The molecule has 1 N–H and O–H groups in total. The smallest absolute Gasteiger partial charge is 0.407 e. The van der Waals surface area contributed by atoms with Crippen LogP contribution in [-0.4, -0.2) is 17.9 Å². The predicted molar refractivity (Wildman–Crippen MR) is 105 cm³/mol. The molecule has 0 radical (unpaired) electrons. The molecule has 1 amide bonds.